The van der Waals surface area contributed by atoms with E-state index in [0.29, 0.717) is 28.5 Å². The summed E-state index contributed by atoms with van der Waals surface area (Å²) < 4.78 is 6.42. The summed E-state index contributed by atoms with van der Waals surface area (Å²) in [5.41, 5.74) is 8.95. The largest absolute Gasteiger partial charge is 0.463 e. The van der Waals surface area contributed by atoms with Crippen molar-refractivity contribution in [2.24, 2.45) is 0 Å². The summed E-state index contributed by atoms with van der Waals surface area (Å²) in [7, 11) is 0. The van der Waals surface area contributed by atoms with Crippen LogP contribution in [0.25, 0.3) is 0 Å². The second-order valence-electron chi connectivity index (χ2n) is 5.56. The number of rotatable bonds is 3. The van der Waals surface area contributed by atoms with Crippen molar-refractivity contribution in [3.8, 4) is 0 Å². The Labute approximate surface area is 158 Å². The molecule has 1 aliphatic heterocycles. The quantitative estimate of drug-likeness (QED) is 0.515. The van der Waals surface area contributed by atoms with E-state index in [1.165, 1.54) is 0 Å². The third-order valence-electron chi connectivity index (χ3n) is 4.00. The Balaban J connectivity index is 2.30. The Morgan fingerprint density at radius 1 is 1.44 bits per heavy atom. The van der Waals surface area contributed by atoms with Crippen molar-refractivity contribution in [2.45, 2.75) is 19.8 Å². The minimum Gasteiger partial charge on any atom is -0.463 e. The molecule has 6 nitrogen and oxygen atoms in total. The number of hydrogen-bond donors (Lipinski definition) is 3. The number of H-pyrrole nitrogens is 1. The highest BCUT2D eigenvalue weighted by molar-refractivity contribution is 9.10. The van der Waals surface area contributed by atoms with Crippen molar-refractivity contribution in [3.05, 3.63) is 55.9 Å². The van der Waals surface area contributed by atoms with Crippen LogP contribution in [-0.2, 0) is 9.53 Å². The predicted octanol–water partition coefficient (Wildman–Crippen LogP) is 3.88. The summed E-state index contributed by atoms with van der Waals surface area (Å²) in [5.74, 6) is 0.107. The van der Waals surface area contributed by atoms with Gasteiger partial charge in [-0.1, -0.05) is 34.1 Å². The number of carbonyl (C=O) groups is 1. The van der Waals surface area contributed by atoms with Crippen molar-refractivity contribution >= 4 is 45.8 Å². The first-order chi connectivity index (χ1) is 11.9. The number of nitrogens with one attached hydrogen (secondary N) is 2. The van der Waals surface area contributed by atoms with Gasteiger partial charge in [-0.05, 0) is 37.7 Å². The van der Waals surface area contributed by atoms with Crippen LogP contribution in [0.5, 0.6) is 0 Å². The number of halogens is 1. The molecule has 1 aromatic heterocycles. The third-order valence-corrected chi connectivity index (χ3v) is 4.91. The van der Waals surface area contributed by atoms with Gasteiger partial charge < -0.3 is 20.8 Å². The van der Waals surface area contributed by atoms with E-state index < -0.39 is 5.92 Å². The molecule has 8 heteroatoms. The van der Waals surface area contributed by atoms with Crippen molar-refractivity contribution in [1.29, 1.82) is 0 Å². The predicted molar refractivity (Wildman–Crippen MR) is 103 cm³/mol. The number of fused-ring (bicyclic) bond motifs is 1. The summed E-state index contributed by atoms with van der Waals surface area (Å²) >= 11 is 8.69. The van der Waals surface area contributed by atoms with Crippen LogP contribution in [0.1, 0.15) is 30.9 Å². The molecular weight excluding hydrogens is 404 g/mol. The van der Waals surface area contributed by atoms with Gasteiger partial charge in [0.05, 0.1) is 18.1 Å². The lowest BCUT2D eigenvalue weighted by atomic mass is 9.82. The minimum absolute atomic E-state index is 0.280. The fraction of sp³-hybridized carbons (Fsp3) is 0.235. The van der Waals surface area contributed by atoms with Gasteiger partial charge in [0.15, 0.2) is 4.77 Å². The van der Waals surface area contributed by atoms with Crippen LogP contribution in [0.3, 0.4) is 0 Å². The lowest BCUT2D eigenvalue weighted by Gasteiger charge is -2.30. The molecule has 1 aromatic carbocycles. The van der Waals surface area contributed by atoms with Gasteiger partial charge in [-0.2, -0.15) is 0 Å². The van der Waals surface area contributed by atoms with E-state index in [1.54, 1.807) is 6.92 Å². The van der Waals surface area contributed by atoms with Crippen molar-refractivity contribution < 1.29 is 9.53 Å². The third kappa shape index (κ3) is 3.19. The first-order valence-corrected chi connectivity index (χ1v) is 8.93. The number of nitrogens with two attached hydrogens (primary N) is 1. The maximum Gasteiger partial charge on any atom is 0.336 e. The van der Waals surface area contributed by atoms with E-state index in [2.05, 4.69) is 31.2 Å². The average Bonchev–Trinajstić information content (AvgIpc) is 2.53. The molecule has 1 atom stereocenters. The van der Waals surface area contributed by atoms with Crippen LogP contribution in [0.15, 0.2) is 40.0 Å². The molecule has 25 heavy (non-hydrogen) atoms. The smallest absolute Gasteiger partial charge is 0.336 e. The van der Waals surface area contributed by atoms with Gasteiger partial charge in [0.2, 0.25) is 0 Å². The highest BCUT2D eigenvalue weighted by Crippen LogP contribution is 2.45. The van der Waals surface area contributed by atoms with E-state index in [-0.39, 0.29) is 17.3 Å². The molecule has 0 fully saturated rings. The van der Waals surface area contributed by atoms with Crippen LogP contribution < -0.4 is 11.1 Å². The van der Waals surface area contributed by atoms with Gasteiger partial charge in [-0.15, -0.1) is 0 Å². The highest BCUT2D eigenvalue weighted by atomic mass is 79.9. The molecule has 0 spiro atoms. The summed E-state index contributed by atoms with van der Waals surface area (Å²) in [4.78, 5) is 19.9. The summed E-state index contributed by atoms with van der Waals surface area (Å²) in [6, 6.07) is 7.69. The van der Waals surface area contributed by atoms with E-state index in [4.69, 9.17) is 22.7 Å². The van der Waals surface area contributed by atoms with E-state index in [0.717, 1.165) is 10.0 Å². The van der Waals surface area contributed by atoms with Crippen LogP contribution in [0.4, 0.5) is 11.6 Å². The fourth-order valence-corrected chi connectivity index (χ4v) is 3.71. The summed E-state index contributed by atoms with van der Waals surface area (Å²) in [5, 5.41) is 3.14. The van der Waals surface area contributed by atoms with Gasteiger partial charge in [0.1, 0.15) is 11.6 Å². The zero-order chi connectivity index (χ0) is 18.1. The number of allylic oxidation sites excluding steroid dienone is 1. The number of aromatic amines is 1. The number of anilines is 2. The molecule has 3 rings (SSSR count). The van der Waals surface area contributed by atoms with Gasteiger partial charge >= 0.3 is 5.97 Å². The monoisotopic (exact) mass is 420 g/mol. The Morgan fingerprint density at radius 3 is 2.84 bits per heavy atom. The number of nitrogen functional groups attached to an aromatic ring is 1. The SMILES string of the molecule is CCOC(=O)C1=C(C)Nc2nc(=S)[nH]c(N)c2C1c1ccccc1Br. The molecule has 130 valence electrons. The first kappa shape index (κ1) is 17.6. The molecule has 2 heterocycles. The molecule has 2 aromatic rings. The second-order valence-corrected chi connectivity index (χ2v) is 6.80. The highest BCUT2D eigenvalue weighted by Gasteiger charge is 2.36. The first-order valence-electron chi connectivity index (χ1n) is 7.73. The van der Waals surface area contributed by atoms with Crippen LogP contribution in [-0.4, -0.2) is 22.5 Å². The zero-order valence-corrected chi connectivity index (χ0v) is 16.1. The van der Waals surface area contributed by atoms with E-state index in [1.807, 2.05) is 31.2 Å². The van der Waals surface area contributed by atoms with Gasteiger partial charge in [-0.25, -0.2) is 9.78 Å². The molecule has 1 unspecified atom stereocenters. The van der Waals surface area contributed by atoms with E-state index in [9.17, 15) is 4.79 Å². The molecule has 0 amide bonds. The van der Waals surface area contributed by atoms with Crippen molar-refractivity contribution in [3.63, 3.8) is 0 Å². The van der Waals surface area contributed by atoms with Gasteiger partial charge in [0, 0.05) is 15.7 Å². The molecule has 0 saturated heterocycles. The van der Waals surface area contributed by atoms with Gasteiger partial charge in [0.25, 0.3) is 0 Å². The standard InChI is InChI=1S/C17H17BrN4O2S/c1-3-24-16(23)11-8(2)20-15-13(14(19)21-17(25)22-15)12(11)9-6-4-5-7-10(9)18/h4-7,12H,3H2,1-2H3,(H4,19,20,21,22,25). The van der Waals surface area contributed by atoms with Crippen molar-refractivity contribution in [1.82, 2.24) is 9.97 Å². The van der Waals surface area contributed by atoms with Crippen LogP contribution in [0, 0.1) is 4.77 Å². The number of esters is 1. The Kier molecular flexibility index (Phi) is 4.91. The lowest BCUT2D eigenvalue weighted by molar-refractivity contribution is -0.138. The molecular formula is C17H17BrN4O2S. The average molecular weight is 421 g/mol. The second kappa shape index (κ2) is 6.97. The number of benzene rings is 1. The summed E-state index contributed by atoms with van der Waals surface area (Å²) in [6.45, 7) is 3.88. The summed E-state index contributed by atoms with van der Waals surface area (Å²) in [6.07, 6.45) is 0. The van der Waals surface area contributed by atoms with Gasteiger partial charge in [-0.3, -0.25) is 0 Å². The Bertz CT molecular complexity index is 938. The van der Waals surface area contributed by atoms with Crippen molar-refractivity contribution in [2.75, 3.05) is 17.7 Å². The zero-order valence-electron chi connectivity index (χ0n) is 13.7. The van der Waals surface area contributed by atoms with E-state index >= 15 is 0 Å². The fourth-order valence-electron chi connectivity index (χ4n) is 2.99. The number of ether oxygens (including phenoxy) is 1. The molecule has 4 N–H and O–H groups in total. The molecule has 0 aliphatic carbocycles. The Morgan fingerprint density at radius 2 is 2.16 bits per heavy atom. The maximum absolute atomic E-state index is 12.7. The number of hydrogen-bond acceptors (Lipinski definition) is 6. The molecule has 0 saturated carbocycles. The number of aromatic nitrogens is 2. The lowest BCUT2D eigenvalue weighted by Crippen LogP contribution is -2.26. The molecule has 0 bridgehead atoms. The normalized spacial score (nSPS) is 16.2. The Hall–Kier alpha value is -2.19. The maximum atomic E-state index is 12.7. The number of carbonyl (C=O) groups excluding carboxylic acids is 1. The van der Waals surface area contributed by atoms with Crippen LogP contribution >= 0.6 is 28.1 Å². The molecule has 1 aliphatic rings. The molecule has 0 radical (unpaired) electrons. The van der Waals surface area contributed by atoms with Crippen LogP contribution in [0.2, 0.25) is 0 Å². The topological polar surface area (TPSA) is 93.0 Å². The number of nitrogens with zero attached hydrogens (tertiary/aromatic N) is 1. The minimum atomic E-state index is -0.426.